The average Bonchev–Trinajstić information content (AvgIpc) is 3.40. The van der Waals surface area contributed by atoms with Gasteiger partial charge < -0.3 is 10.6 Å². The Kier molecular flexibility index (Phi) is 9.65. The van der Waals surface area contributed by atoms with Crippen molar-refractivity contribution in [2.24, 2.45) is 0 Å². The minimum absolute atomic E-state index is 0.656. The topological polar surface area (TPSA) is 41.1 Å². The first-order valence-electron chi connectivity index (χ1n) is 10.4. The molecule has 0 heterocycles. The molecule has 2 atom stereocenters. The van der Waals surface area contributed by atoms with Gasteiger partial charge in [0.05, 0.1) is 0 Å². The Labute approximate surface area is 154 Å². The van der Waals surface area contributed by atoms with Crippen molar-refractivity contribution < 1.29 is 4.79 Å². The summed E-state index contributed by atoms with van der Waals surface area (Å²) in [5, 5.41) is 6.38. The van der Waals surface area contributed by atoms with Gasteiger partial charge in [-0.25, -0.2) is 0 Å². The van der Waals surface area contributed by atoms with Crippen molar-refractivity contribution in [3.63, 3.8) is 0 Å². The van der Waals surface area contributed by atoms with E-state index in [1.165, 1.54) is 76.2 Å². The van der Waals surface area contributed by atoms with Crippen LogP contribution < -0.4 is 10.6 Å². The number of carbonyl (C=O) groups is 1. The average molecular weight is 345 g/mol. The smallest absolute Gasteiger partial charge is 0.211 e. The Morgan fingerprint density at radius 3 is 2.12 bits per heavy atom. The minimum atomic E-state index is 0.656. The molecule has 1 aliphatic rings. The summed E-state index contributed by atoms with van der Waals surface area (Å²) in [7, 11) is 0. The maximum atomic E-state index is 10.4. The quantitative estimate of drug-likeness (QED) is 0.320. The van der Waals surface area contributed by atoms with Gasteiger partial charge in [0.2, 0.25) is 6.41 Å². The lowest BCUT2D eigenvalue weighted by Crippen LogP contribution is -2.19. The first-order chi connectivity index (χ1) is 12.3. The molecular formula is C22H36N2O. The summed E-state index contributed by atoms with van der Waals surface area (Å²) in [6.07, 6.45) is 15.9. The van der Waals surface area contributed by atoms with E-state index in [2.05, 4.69) is 29.7 Å². The van der Waals surface area contributed by atoms with Crippen LogP contribution in [0.2, 0.25) is 0 Å². The molecule has 140 valence electrons. The van der Waals surface area contributed by atoms with E-state index >= 15 is 0 Å². The molecule has 0 spiro atoms. The van der Waals surface area contributed by atoms with Gasteiger partial charge >= 0.3 is 0 Å². The highest BCUT2D eigenvalue weighted by atomic mass is 16.1. The summed E-state index contributed by atoms with van der Waals surface area (Å²) >= 11 is 0. The molecule has 0 aliphatic heterocycles. The van der Waals surface area contributed by atoms with E-state index in [1.807, 2.05) is 12.1 Å². The molecule has 1 saturated carbocycles. The molecule has 3 nitrogen and oxygen atoms in total. The van der Waals surface area contributed by atoms with E-state index in [0.29, 0.717) is 12.0 Å². The monoisotopic (exact) mass is 344 g/mol. The number of unbranched alkanes of at least 4 members (excludes halogenated alkanes) is 9. The second-order valence-electron chi connectivity index (χ2n) is 7.47. The standard InChI is InChI=1S/C22H36N2O/c1-2-3-4-5-6-7-8-9-10-11-16-23-22-17-21(22)19-12-14-20(15-13-19)24-18-25/h12-15,18,21-23H,2-11,16-17H2,1H3,(H,24,25). The third-order valence-electron chi connectivity index (χ3n) is 5.29. The number of benzene rings is 1. The first-order valence-corrected chi connectivity index (χ1v) is 10.4. The number of nitrogens with one attached hydrogen (secondary N) is 2. The number of anilines is 1. The molecule has 1 aromatic carbocycles. The lowest BCUT2D eigenvalue weighted by molar-refractivity contribution is -0.105. The Bertz CT molecular complexity index is 471. The predicted octanol–water partition coefficient (Wildman–Crippen LogP) is 5.62. The third kappa shape index (κ3) is 8.04. The second-order valence-corrected chi connectivity index (χ2v) is 7.47. The highest BCUT2D eigenvalue weighted by molar-refractivity contribution is 5.71. The molecule has 0 saturated heterocycles. The van der Waals surface area contributed by atoms with Crippen LogP contribution >= 0.6 is 0 Å². The normalized spacial score (nSPS) is 18.9. The highest BCUT2D eigenvalue weighted by Crippen LogP contribution is 2.41. The number of hydrogen-bond donors (Lipinski definition) is 2. The molecule has 2 unspecified atom stereocenters. The molecule has 0 aromatic heterocycles. The Hall–Kier alpha value is -1.35. The van der Waals surface area contributed by atoms with Crippen LogP contribution in [0.4, 0.5) is 5.69 Å². The number of carbonyl (C=O) groups excluding carboxylic acids is 1. The van der Waals surface area contributed by atoms with Crippen molar-refractivity contribution in [2.75, 3.05) is 11.9 Å². The van der Waals surface area contributed by atoms with E-state index < -0.39 is 0 Å². The summed E-state index contributed by atoms with van der Waals surface area (Å²) in [6.45, 7) is 3.43. The van der Waals surface area contributed by atoms with E-state index in [-0.39, 0.29) is 0 Å². The summed E-state index contributed by atoms with van der Waals surface area (Å²) in [4.78, 5) is 10.4. The van der Waals surface area contributed by atoms with Crippen molar-refractivity contribution in [3.8, 4) is 0 Å². The fraction of sp³-hybridized carbons (Fsp3) is 0.682. The maximum absolute atomic E-state index is 10.4. The molecule has 0 radical (unpaired) electrons. The van der Waals surface area contributed by atoms with E-state index in [0.717, 1.165) is 18.6 Å². The largest absolute Gasteiger partial charge is 0.329 e. The van der Waals surface area contributed by atoms with Gasteiger partial charge in [0.15, 0.2) is 0 Å². The summed E-state index contributed by atoms with van der Waals surface area (Å²) in [5.74, 6) is 0.661. The highest BCUT2D eigenvalue weighted by Gasteiger charge is 2.37. The van der Waals surface area contributed by atoms with Crippen molar-refractivity contribution >= 4 is 12.1 Å². The van der Waals surface area contributed by atoms with Crippen molar-refractivity contribution in [1.82, 2.24) is 5.32 Å². The summed E-state index contributed by atoms with van der Waals surface area (Å²) in [6, 6.07) is 8.91. The summed E-state index contributed by atoms with van der Waals surface area (Å²) in [5.41, 5.74) is 2.26. The molecule has 25 heavy (non-hydrogen) atoms. The Morgan fingerprint density at radius 1 is 0.920 bits per heavy atom. The second kappa shape index (κ2) is 12.1. The predicted molar refractivity (Wildman–Crippen MR) is 107 cm³/mol. The van der Waals surface area contributed by atoms with E-state index in [9.17, 15) is 4.79 Å². The van der Waals surface area contributed by atoms with E-state index in [4.69, 9.17) is 0 Å². The van der Waals surface area contributed by atoms with Gasteiger partial charge in [-0.15, -0.1) is 0 Å². The zero-order valence-electron chi connectivity index (χ0n) is 15.9. The van der Waals surface area contributed by atoms with Gasteiger partial charge in [-0.05, 0) is 37.1 Å². The Balaban J connectivity index is 1.43. The van der Waals surface area contributed by atoms with Gasteiger partial charge in [-0.3, -0.25) is 4.79 Å². The number of rotatable bonds is 15. The molecule has 0 bridgehead atoms. The van der Waals surface area contributed by atoms with Gasteiger partial charge in [0.25, 0.3) is 0 Å². The molecule has 1 amide bonds. The molecule has 2 rings (SSSR count). The SMILES string of the molecule is CCCCCCCCCCCCNC1CC1c1ccc(NC=O)cc1. The van der Waals surface area contributed by atoms with Crippen LogP contribution in [-0.2, 0) is 4.79 Å². The Morgan fingerprint density at radius 2 is 1.52 bits per heavy atom. The molecule has 1 aromatic rings. The van der Waals surface area contributed by atoms with Crippen LogP contribution in [0, 0.1) is 0 Å². The molecule has 1 aliphatic carbocycles. The molecule has 2 N–H and O–H groups in total. The van der Waals surface area contributed by atoms with Crippen LogP contribution in [0.3, 0.4) is 0 Å². The van der Waals surface area contributed by atoms with Gasteiger partial charge in [0.1, 0.15) is 0 Å². The van der Waals surface area contributed by atoms with Crippen LogP contribution in [0.5, 0.6) is 0 Å². The zero-order valence-corrected chi connectivity index (χ0v) is 15.9. The fourth-order valence-electron chi connectivity index (χ4n) is 3.58. The lowest BCUT2D eigenvalue weighted by Gasteiger charge is -2.06. The summed E-state index contributed by atoms with van der Waals surface area (Å²) < 4.78 is 0. The van der Waals surface area contributed by atoms with Crippen molar-refractivity contribution in [2.45, 2.75) is 89.5 Å². The molecule has 1 fully saturated rings. The molecular weight excluding hydrogens is 308 g/mol. The van der Waals surface area contributed by atoms with Crippen molar-refractivity contribution in [1.29, 1.82) is 0 Å². The third-order valence-corrected chi connectivity index (χ3v) is 5.29. The number of amides is 1. The maximum Gasteiger partial charge on any atom is 0.211 e. The first kappa shape index (κ1) is 20.0. The van der Waals surface area contributed by atoms with Crippen LogP contribution in [0.1, 0.15) is 89.0 Å². The van der Waals surface area contributed by atoms with Crippen LogP contribution in [0.15, 0.2) is 24.3 Å². The van der Waals surface area contributed by atoms with Crippen LogP contribution in [-0.4, -0.2) is 19.0 Å². The zero-order chi connectivity index (χ0) is 17.7. The number of hydrogen-bond acceptors (Lipinski definition) is 2. The lowest BCUT2D eigenvalue weighted by atomic mass is 10.1. The van der Waals surface area contributed by atoms with Crippen LogP contribution in [0.25, 0.3) is 0 Å². The van der Waals surface area contributed by atoms with E-state index in [1.54, 1.807) is 0 Å². The van der Waals surface area contributed by atoms with Gasteiger partial charge in [0, 0.05) is 17.6 Å². The fourth-order valence-corrected chi connectivity index (χ4v) is 3.58. The van der Waals surface area contributed by atoms with Gasteiger partial charge in [-0.2, -0.15) is 0 Å². The molecule has 3 heteroatoms. The van der Waals surface area contributed by atoms with Gasteiger partial charge in [-0.1, -0.05) is 76.8 Å². The minimum Gasteiger partial charge on any atom is -0.329 e. The van der Waals surface area contributed by atoms with Crippen molar-refractivity contribution in [3.05, 3.63) is 29.8 Å².